The van der Waals surface area contributed by atoms with E-state index in [1.807, 2.05) is 19.2 Å². The van der Waals surface area contributed by atoms with Gasteiger partial charge in [-0.1, -0.05) is 0 Å². The number of carbonyl (C=O) groups is 1. The highest BCUT2D eigenvalue weighted by atomic mass is 32.1. The third-order valence-corrected chi connectivity index (χ3v) is 3.54. The Morgan fingerprint density at radius 2 is 2.18 bits per heavy atom. The van der Waals surface area contributed by atoms with Crippen LogP contribution in [-0.4, -0.2) is 23.5 Å². The molecular weight excluding hydrogens is 303 g/mol. The van der Waals surface area contributed by atoms with E-state index in [4.69, 9.17) is 4.74 Å². The van der Waals surface area contributed by atoms with Gasteiger partial charge < -0.3 is 10.1 Å². The van der Waals surface area contributed by atoms with E-state index < -0.39 is 0 Å². The highest BCUT2D eigenvalue weighted by molar-refractivity contribution is 7.09. The third-order valence-electron chi connectivity index (χ3n) is 2.74. The van der Waals surface area contributed by atoms with E-state index in [1.54, 1.807) is 18.2 Å². The Morgan fingerprint density at radius 3 is 2.82 bits per heavy atom. The van der Waals surface area contributed by atoms with Crippen molar-refractivity contribution in [1.82, 2.24) is 10.3 Å². The fraction of sp³-hybridized carbons (Fsp3) is 0.250. The summed E-state index contributed by atoms with van der Waals surface area (Å²) in [5.74, 6) is 0.0490. The Morgan fingerprint density at radius 1 is 1.45 bits per heavy atom. The third kappa shape index (κ3) is 5.29. The number of benzene rings is 1. The van der Waals surface area contributed by atoms with Gasteiger partial charge in [-0.25, -0.2) is 9.37 Å². The number of hydrogen-bond acceptors (Lipinski definition) is 4. The predicted octanol–water partition coefficient (Wildman–Crippen LogP) is 3.19. The molecule has 0 bridgehead atoms. The number of thiazole rings is 1. The van der Waals surface area contributed by atoms with Crippen molar-refractivity contribution >= 4 is 23.3 Å². The van der Waals surface area contributed by atoms with E-state index >= 15 is 0 Å². The summed E-state index contributed by atoms with van der Waals surface area (Å²) < 4.78 is 18.2. The smallest absolute Gasteiger partial charge is 0.244 e. The van der Waals surface area contributed by atoms with Gasteiger partial charge in [0.1, 0.15) is 18.2 Å². The zero-order valence-electron chi connectivity index (χ0n) is 12.4. The van der Waals surface area contributed by atoms with E-state index in [0.717, 1.165) is 10.7 Å². The molecule has 6 heteroatoms. The lowest BCUT2D eigenvalue weighted by molar-refractivity contribution is -0.117. The molecular formula is C16H17FN2O2S. The Bertz CT molecular complexity index is 652. The van der Waals surface area contributed by atoms with Gasteiger partial charge in [0.05, 0.1) is 16.7 Å². The van der Waals surface area contributed by atoms with Crippen LogP contribution in [0.3, 0.4) is 0 Å². The molecule has 4 nitrogen and oxygen atoms in total. The number of hydrogen-bond donors (Lipinski definition) is 1. The second-order valence-corrected chi connectivity index (χ2v) is 5.86. The van der Waals surface area contributed by atoms with Crippen molar-refractivity contribution < 1.29 is 13.9 Å². The fourth-order valence-electron chi connectivity index (χ4n) is 1.70. The standard InChI is InChI=1S/C16H17FN2O2S/c1-11(9-21-15-6-3-13(17)4-7-15)18-16(20)8-5-14-10-22-12(2)19-14/h3-8,10-11H,9H2,1-2H3,(H,18,20). The zero-order valence-corrected chi connectivity index (χ0v) is 13.2. The van der Waals surface area contributed by atoms with Crippen LogP contribution >= 0.6 is 11.3 Å². The second kappa shape index (κ2) is 7.70. The average Bonchev–Trinajstić information content (AvgIpc) is 2.90. The van der Waals surface area contributed by atoms with Crippen LogP contribution in [0.25, 0.3) is 6.08 Å². The molecule has 1 aromatic carbocycles. The van der Waals surface area contributed by atoms with Gasteiger partial charge in [-0.3, -0.25) is 4.79 Å². The summed E-state index contributed by atoms with van der Waals surface area (Å²) in [6.07, 6.45) is 3.12. The quantitative estimate of drug-likeness (QED) is 0.832. The molecule has 1 aromatic heterocycles. The maximum atomic E-state index is 12.8. The monoisotopic (exact) mass is 320 g/mol. The minimum absolute atomic E-state index is 0.167. The number of nitrogens with zero attached hydrogens (tertiary/aromatic N) is 1. The number of halogens is 1. The molecule has 0 saturated heterocycles. The van der Waals surface area contributed by atoms with Gasteiger partial charge in [-0.05, 0) is 44.2 Å². The summed E-state index contributed by atoms with van der Waals surface area (Å²) in [4.78, 5) is 16.0. The van der Waals surface area contributed by atoms with Gasteiger partial charge in [0.2, 0.25) is 5.91 Å². The Kier molecular flexibility index (Phi) is 5.66. The van der Waals surface area contributed by atoms with Crippen LogP contribution in [0.5, 0.6) is 5.75 Å². The molecule has 116 valence electrons. The second-order valence-electron chi connectivity index (χ2n) is 4.80. The van der Waals surface area contributed by atoms with Crippen LogP contribution in [0.4, 0.5) is 4.39 Å². The summed E-state index contributed by atoms with van der Waals surface area (Å²) in [6.45, 7) is 4.06. The molecule has 0 spiro atoms. The SMILES string of the molecule is Cc1nc(C=CC(=O)NC(C)COc2ccc(F)cc2)cs1. The van der Waals surface area contributed by atoms with Gasteiger partial charge in [0.15, 0.2) is 0 Å². The van der Waals surface area contributed by atoms with E-state index in [1.165, 1.54) is 29.5 Å². The number of nitrogens with one attached hydrogen (secondary N) is 1. The van der Waals surface area contributed by atoms with Crippen molar-refractivity contribution in [2.75, 3.05) is 6.61 Å². The topological polar surface area (TPSA) is 51.2 Å². The summed E-state index contributed by atoms with van der Waals surface area (Å²) >= 11 is 1.54. The van der Waals surface area contributed by atoms with E-state index in [2.05, 4.69) is 10.3 Å². The van der Waals surface area contributed by atoms with Crippen molar-refractivity contribution in [1.29, 1.82) is 0 Å². The fourth-order valence-corrected chi connectivity index (χ4v) is 2.28. The molecule has 1 N–H and O–H groups in total. The normalized spacial score (nSPS) is 12.3. The predicted molar refractivity (Wildman–Crippen MR) is 85.4 cm³/mol. The van der Waals surface area contributed by atoms with Crippen LogP contribution in [0.1, 0.15) is 17.6 Å². The van der Waals surface area contributed by atoms with E-state index in [0.29, 0.717) is 12.4 Å². The molecule has 2 aromatic rings. The molecule has 0 aliphatic carbocycles. The number of aryl methyl sites for hydroxylation is 1. The first-order chi connectivity index (χ1) is 10.5. The zero-order chi connectivity index (χ0) is 15.9. The molecule has 1 amide bonds. The Labute approximate surface area is 132 Å². The van der Waals surface area contributed by atoms with Crippen LogP contribution in [-0.2, 0) is 4.79 Å². The van der Waals surface area contributed by atoms with Gasteiger partial charge >= 0.3 is 0 Å². The largest absolute Gasteiger partial charge is 0.491 e. The van der Waals surface area contributed by atoms with Crippen LogP contribution in [0.15, 0.2) is 35.7 Å². The molecule has 22 heavy (non-hydrogen) atoms. The summed E-state index contributed by atoms with van der Waals surface area (Å²) in [6, 6.07) is 5.59. The highest BCUT2D eigenvalue weighted by Gasteiger charge is 2.06. The lowest BCUT2D eigenvalue weighted by atomic mass is 10.3. The summed E-state index contributed by atoms with van der Waals surface area (Å²) in [5.41, 5.74) is 0.771. The lowest BCUT2D eigenvalue weighted by Crippen LogP contribution is -2.35. The lowest BCUT2D eigenvalue weighted by Gasteiger charge is -2.13. The summed E-state index contributed by atoms with van der Waals surface area (Å²) in [5, 5.41) is 5.64. The molecule has 0 aliphatic heterocycles. The van der Waals surface area contributed by atoms with Crippen molar-refractivity contribution in [2.24, 2.45) is 0 Å². The van der Waals surface area contributed by atoms with Gasteiger partial charge in [-0.2, -0.15) is 0 Å². The minimum atomic E-state index is -0.309. The Balaban J connectivity index is 1.76. The number of carbonyl (C=O) groups excluding carboxylic acids is 1. The average molecular weight is 320 g/mol. The minimum Gasteiger partial charge on any atom is -0.491 e. The van der Waals surface area contributed by atoms with Crippen molar-refractivity contribution in [3.8, 4) is 5.75 Å². The maximum Gasteiger partial charge on any atom is 0.244 e. The first-order valence-corrected chi connectivity index (χ1v) is 7.70. The van der Waals surface area contributed by atoms with Gasteiger partial charge in [0, 0.05) is 11.5 Å². The highest BCUT2D eigenvalue weighted by Crippen LogP contribution is 2.11. The van der Waals surface area contributed by atoms with E-state index in [9.17, 15) is 9.18 Å². The molecule has 0 radical (unpaired) electrons. The number of amides is 1. The molecule has 2 rings (SSSR count). The van der Waals surface area contributed by atoms with Crippen LogP contribution < -0.4 is 10.1 Å². The van der Waals surface area contributed by atoms with Crippen LogP contribution in [0, 0.1) is 12.7 Å². The Hall–Kier alpha value is -2.21. The number of ether oxygens (including phenoxy) is 1. The summed E-state index contributed by atoms with van der Waals surface area (Å²) in [7, 11) is 0. The van der Waals surface area contributed by atoms with Crippen molar-refractivity contribution in [3.63, 3.8) is 0 Å². The molecule has 1 heterocycles. The van der Waals surface area contributed by atoms with Crippen molar-refractivity contribution in [3.05, 3.63) is 52.2 Å². The number of rotatable bonds is 6. The first kappa shape index (κ1) is 16.2. The molecule has 1 atom stereocenters. The molecule has 0 fully saturated rings. The number of aromatic nitrogens is 1. The molecule has 0 saturated carbocycles. The van der Waals surface area contributed by atoms with Gasteiger partial charge in [0.25, 0.3) is 0 Å². The van der Waals surface area contributed by atoms with Crippen LogP contribution in [0.2, 0.25) is 0 Å². The molecule has 1 unspecified atom stereocenters. The van der Waals surface area contributed by atoms with E-state index in [-0.39, 0.29) is 17.8 Å². The first-order valence-electron chi connectivity index (χ1n) is 6.82. The van der Waals surface area contributed by atoms with Crippen molar-refractivity contribution in [2.45, 2.75) is 19.9 Å². The molecule has 0 aliphatic rings. The van der Waals surface area contributed by atoms with Gasteiger partial charge in [-0.15, -0.1) is 11.3 Å². The maximum absolute atomic E-state index is 12.8.